The molecule has 0 radical (unpaired) electrons. The van der Waals surface area contributed by atoms with Crippen molar-refractivity contribution in [1.29, 1.82) is 5.26 Å². The lowest BCUT2D eigenvalue weighted by atomic mass is 9.77. The van der Waals surface area contributed by atoms with Gasteiger partial charge in [0.2, 0.25) is 0 Å². The number of nitriles is 1. The summed E-state index contributed by atoms with van der Waals surface area (Å²) in [6, 6.07) is 10.4. The van der Waals surface area contributed by atoms with Crippen LogP contribution in [0.3, 0.4) is 0 Å². The van der Waals surface area contributed by atoms with E-state index < -0.39 is 17.5 Å². The second-order valence-corrected chi connectivity index (χ2v) is 5.07. The minimum absolute atomic E-state index is 0.134. The van der Waals surface area contributed by atoms with Crippen molar-refractivity contribution < 1.29 is 15.0 Å². The van der Waals surface area contributed by atoms with Gasteiger partial charge in [-0.1, -0.05) is 36.4 Å². The molecule has 0 spiro atoms. The summed E-state index contributed by atoms with van der Waals surface area (Å²) in [5, 5.41) is 30.2. The highest BCUT2D eigenvalue weighted by molar-refractivity contribution is 5.86. The van der Waals surface area contributed by atoms with E-state index in [1.54, 1.807) is 36.4 Å². The molecule has 0 amide bonds. The number of aliphatic hydroxyl groups is 1. The van der Waals surface area contributed by atoms with Gasteiger partial charge in [0, 0.05) is 10.9 Å². The van der Waals surface area contributed by atoms with E-state index in [-0.39, 0.29) is 5.69 Å². The van der Waals surface area contributed by atoms with Gasteiger partial charge in [-0.2, -0.15) is 5.26 Å². The summed E-state index contributed by atoms with van der Waals surface area (Å²) in [6.45, 7) is 0. The van der Waals surface area contributed by atoms with Crippen LogP contribution in [0.25, 0.3) is 10.9 Å². The van der Waals surface area contributed by atoms with Gasteiger partial charge < -0.3 is 10.2 Å². The van der Waals surface area contributed by atoms with Crippen LogP contribution in [0.2, 0.25) is 0 Å². The maximum Gasteiger partial charge on any atom is 0.314 e. The van der Waals surface area contributed by atoms with E-state index in [4.69, 9.17) is 5.26 Å². The number of carbonyl (C=O) groups is 1. The molecule has 0 fully saturated rings. The Morgan fingerprint density at radius 1 is 1.32 bits per heavy atom. The van der Waals surface area contributed by atoms with Crippen molar-refractivity contribution in [2.24, 2.45) is 5.92 Å². The van der Waals surface area contributed by atoms with Gasteiger partial charge in [0.05, 0.1) is 5.52 Å². The first-order valence-corrected chi connectivity index (χ1v) is 6.68. The molecule has 0 bridgehead atoms. The zero-order valence-corrected chi connectivity index (χ0v) is 11.5. The summed E-state index contributed by atoms with van der Waals surface area (Å²) in [7, 11) is 0. The molecule has 2 atom stereocenters. The largest absolute Gasteiger partial charge is 0.481 e. The number of benzene rings is 1. The van der Waals surface area contributed by atoms with E-state index in [1.807, 2.05) is 6.07 Å². The number of carboxylic acid groups (broad SMARTS) is 1. The van der Waals surface area contributed by atoms with Crippen LogP contribution in [0.4, 0.5) is 0 Å². The van der Waals surface area contributed by atoms with Gasteiger partial charge in [0.1, 0.15) is 23.3 Å². The molecule has 3 rings (SSSR count). The van der Waals surface area contributed by atoms with E-state index in [1.165, 1.54) is 18.2 Å². The van der Waals surface area contributed by atoms with Crippen molar-refractivity contribution in [3.63, 3.8) is 0 Å². The molecule has 1 heterocycles. The van der Waals surface area contributed by atoms with Gasteiger partial charge in [-0.3, -0.25) is 4.79 Å². The van der Waals surface area contributed by atoms with Gasteiger partial charge in [-0.05, 0) is 18.2 Å². The molecule has 0 aliphatic heterocycles. The number of nitrogens with zero attached hydrogens (tertiary/aromatic N) is 2. The average Bonchev–Trinajstić information content (AvgIpc) is 2.53. The van der Waals surface area contributed by atoms with E-state index in [9.17, 15) is 15.0 Å². The lowest BCUT2D eigenvalue weighted by molar-refractivity contribution is -0.146. The smallest absolute Gasteiger partial charge is 0.314 e. The van der Waals surface area contributed by atoms with Crippen molar-refractivity contribution in [1.82, 2.24) is 4.98 Å². The number of carboxylic acids is 1. The highest BCUT2D eigenvalue weighted by Gasteiger charge is 2.42. The highest BCUT2D eigenvalue weighted by atomic mass is 16.4. The van der Waals surface area contributed by atoms with Crippen molar-refractivity contribution >= 4 is 16.9 Å². The van der Waals surface area contributed by atoms with Crippen molar-refractivity contribution in [2.45, 2.75) is 5.60 Å². The van der Waals surface area contributed by atoms with Crippen LogP contribution >= 0.6 is 0 Å². The standard InChI is InChI=1S/C17H12N2O3/c18-10-11-9-14(12-5-1-2-7-15(12)19-11)17(22)8-4-3-6-13(17)16(20)21/h1-9,13,22H,(H,20,21). The normalized spacial score (nSPS) is 23.4. The topological polar surface area (TPSA) is 94.2 Å². The van der Waals surface area contributed by atoms with Gasteiger partial charge in [0.25, 0.3) is 0 Å². The molecular formula is C17H12N2O3. The monoisotopic (exact) mass is 292 g/mol. The van der Waals surface area contributed by atoms with Crippen molar-refractivity contribution in [3.8, 4) is 6.07 Å². The van der Waals surface area contributed by atoms with Crippen LogP contribution in [-0.2, 0) is 10.4 Å². The second kappa shape index (κ2) is 5.10. The molecule has 22 heavy (non-hydrogen) atoms. The summed E-state index contributed by atoms with van der Waals surface area (Å²) in [6.07, 6.45) is 6.06. The number of rotatable bonds is 2. The Labute approximate surface area is 126 Å². The zero-order valence-electron chi connectivity index (χ0n) is 11.5. The molecule has 108 valence electrons. The van der Waals surface area contributed by atoms with Gasteiger partial charge in [-0.25, -0.2) is 4.98 Å². The minimum atomic E-state index is -1.73. The van der Waals surface area contributed by atoms with Crippen molar-refractivity contribution in [2.75, 3.05) is 0 Å². The van der Waals surface area contributed by atoms with Crippen LogP contribution < -0.4 is 0 Å². The van der Waals surface area contributed by atoms with E-state index in [0.29, 0.717) is 16.5 Å². The zero-order chi connectivity index (χ0) is 15.7. The molecule has 0 saturated heterocycles. The molecule has 5 heteroatoms. The molecule has 1 aromatic carbocycles. The number of hydrogen-bond acceptors (Lipinski definition) is 4. The van der Waals surface area contributed by atoms with E-state index >= 15 is 0 Å². The van der Waals surface area contributed by atoms with Crippen LogP contribution in [0, 0.1) is 17.2 Å². The first kappa shape index (κ1) is 14.0. The van der Waals surface area contributed by atoms with Crippen LogP contribution in [0.1, 0.15) is 11.3 Å². The van der Waals surface area contributed by atoms with Crippen LogP contribution in [0.5, 0.6) is 0 Å². The molecule has 2 N–H and O–H groups in total. The third-order valence-corrected chi connectivity index (χ3v) is 3.77. The first-order chi connectivity index (χ1) is 10.6. The fourth-order valence-electron chi connectivity index (χ4n) is 2.72. The lowest BCUT2D eigenvalue weighted by Crippen LogP contribution is -2.38. The second-order valence-electron chi connectivity index (χ2n) is 5.07. The fraction of sp³-hybridized carbons (Fsp3) is 0.118. The number of fused-ring (bicyclic) bond motifs is 1. The number of aromatic nitrogens is 1. The summed E-state index contributed by atoms with van der Waals surface area (Å²) in [5.74, 6) is -2.27. The molecule has 0 saturated carbocycles. The Morgan fingerprint density at radius 3 is 2.82 bits per heavy atom. The maximum atomic E-state index is 11.5. The Morgan fingerprint density at radius 2 is 2.09 bits per heavy atom. The number of para-hydroxylation sites is 1. The summed E-state index contributed by atoms with van der Waals surface area (Å²) < 4.78 is 0. The van der Waals surface area contributed by atoms with E-state index in [0.717, 1.165) is 0 Å². The lowest BCUT2D eigenvalue weighted by Gasteiger charge is -2.32. The van der Waals surface area contributed by atoms with Gasteiger partial charge in [-0.15, -0.1) is 0 Å². The fourth-order valence-corrected chi connectivity index (χ4v) is 2.72. The van der Waals surface area contributed by atoms with Crippen LogP contribution in [0.15, 0.2) is 54.6 Å². The number of hydrogen-bond donors (Lipinski definition) is 2. The Bertz CT molecular complexity index is 864. The SMILES string of the molecule is N#Cc1cc(C2(O)C=CC=CC2C(=O)O)c2ccccc2n1. The molecule has 2 aromatic rings. The molecule has 1 aromatic heterocycles. The molecular weight excluding hydrogens is 280 g/mol. The van der Waals surface area contributed by atoms with Gasteiger partial charge >= 0.3 is 5.97 Å². The predicted octanol–water partition coefficient (Wildman–Crippen LogP) is 2.12. The predicted molar refractivity (Wildman–Crippen MR) is 79.8 cm³/mol. The van der Waals surface area contributed by atoms with Gasteiger partial charge in [0.15, 0.2) is 0 Å². The maximum absolute atomic E-state index is 11.5. The highest BCUT2D eigenvalue weighted by Crippen LogP contribution is 2.38. The Hall–Kier alpha value is -2.97. The first-order valence-electron chi connectivity index (χ1n) is 6.68. The number of aliphatic carboxylic acids is 1. The Kier molecular flexibility index (Phi) is 3.24. The number of allylic oxidation sites excluding steroid dienone is 2. The third-order valence-electron chi connectivity index (χ3n) is 3.77. The van der Waals surface area contributed by atoms with E-state index in [2.05, 4.69) is 4.98 Å². The number of pyridine rings is 1. The summed E-state index contributed by atoms with van der Waals surface area (Å²) in [5.41, 5.74) is -0.691. The molecule has 1 aliphatic carbocycles. The third kappa shape index (κ3) is 2.07. The average molecular weight is 292 g/mol. The van der Waals surface area contributed by atoms with Crippen LogP contribution in [-0.4, -0.2) is 21.2 Å². The van der Waals surface area contributed by atoms with Crippen molar-refractivity contribution in [3.05, 3.63) is 65.9 Å². The summed E-state index contributed by atoms with van der Waals surface area (Å²) in [4.78, 5) is 15.7. The molecule has 1 aliphatic rings. The minimum Gasteiger partial charge on any atom is -0.481 e. The summed E-state index contributed by atoms with van der Waals surface area (Å²) >= 11 is 0. The molecule has 2 unspecified atom stereocenters. The quantitative estimate of drug-likeness (QED) is 0.884. The Balaban J connectivity index is 2.33. The molecule has 5 nitrogen and oxygen atoms in total.